The van der Waals surface area contributed by atoms with Crippen LogP contribution in [0.5, 0.6) is 17.2 Å². The number of ether oxygens (including phenoxy) is 2. The first-order valence-electron chi connectivity index (χ1n) is 12.1. The van der Waals surface area contributed by atoms with E-state index in [1.165, 1.54) is 13.2 Å². The number of aromatic nitrogens is 2. The Kier molecular flexibility index (Phi) is 6.99. The lowest BCUT2D eigenvalue weighted by Crippen LogP contribution is -2.34. The second-order valence-corrected chi connectivity index (χ2v) is 8.87. The minimum absolute atomic E-state index is 0.0256. The largest absolute Gasteiger partial charge is 0.508 e. The van der Waals surface area contributed by atoms with Gasteiger partial charge in [-0.2, -0.15) is 0 Å². The van der Waals surface area contributed by atoms with Gasteiger partial charge in [0.05, 0.1) is 35.9 Å². The van der Waals surface area contributed by atoms with E-state index in [2.05, 4.69) is 27.2 Å². The minimum Gasteiger partial charge on any atom is -0.508 e. The fraction of sp³-hybridized carbons (Fsp3) is 0.172. The van der Waals surface area contributed by atoms with Crippen LogP contribution in [0, 0.1) is 5.82 Å². The summed E-state index contributed by atoms with van der Waals surface area (Å²) in [6.07, 6.45) is 5.68. The van der Waals surface area contributed by atoms with Crippen LogP contribution in [0.3, 0.4) is 0 Å². The maximum atomic E-state index is 14.5. The van der Waals surface area contributed by atoms with Gasteiger partial charge in [-0.15, -0.1) is 6.58 Å². The van der Waals surface area contributed by atoms with Crippen molar-refractivity contribution < 1.29 is 23.8 Å². The molecule has 38 heavy (non-hydrogen) atoms. The van der Waals surface area contributed by atoms with Crippen molar-refractivity contribution in [2.45, 2.75) is 18.9 Å². The van der Waals surface area contributed by atoms with Crippen LogP contribution in [-0.4, -0.2) is 34.6 Å². The highest BCUT2D eigenvalue weighted by molar-refractivity contribution is 6.07. The lowest BCUT2D eigenvalue weighted by atomic mass is 9.93. The number of H-pyrrole nitrogens is 1. The lowest BCUT2D eigenvalue weighted by molar-refractivity contribution is 0.0941. The molecule has 1 amide bonds. The summed E-state index contributed by atoms with van der Waals surface area (Å²) < 4.78 is 25.9. The van der Waals surface area contributed by atoms with Gasteiger partial charge in [-0.1, -0.05) is 24.3 Å². The van der Waals surface area contributed by atoms with Crippen LogP contribution in [0.1, 0.15) is 34.0 Å². The molecule has 0 radical (unpaired) electrons. The van der Waals surface area contributed by atoms with E-state index in [1.54, 1.807) is 48.8 Å². The smallest absolute Gasteiger partial charge is 0.255 e. The molecular weight excluding hydrogens is 487 g/mol. The van der Waals surface area contributed by atoms with Crippen molar-refractivity contribution in [2.75, 3.05) is 19.0 Å². The van der Waals surface area contributed by atoms with Crippen LogP contribution in [0.25, 0.3) is 11.3 Å². The number of methoxy groups -OCH3 is 1. The molecule has 4 aromatic rings. The summed E-state index contributed by atoms with van der Waals surface area (Å²) in [6, 6.07) is 13.1. The zero-order chi connectivity index (χ0) is 26.6. The Hall–Kier alpha value is -4.79. The van der Waals surface area contributed by atoms with Gasteiger partial charge in [-0.05, 0) is 42.3 Å². The number of amides is 1. The Morgan fingerprint density at radius 3 is 2.89 bits per heavy atom. The first kappa shape index (κ1) is 24.9. The summed E-state index contributed by atoms with van der Waals surface area (Å²) in [5.74, 6) is -0.174. The Morgan fingerprint density at radius 2 is 2.11 bits per heavy atom. The number of fused-ring (bicyclic) bond motifs is 1. The third kappa shape index (κ3) is 4.78. The number of nitrogens with one attached hydrogen (secondary N) is 3. The van der Waals surface area contributed by atoms with Gasteiger partial charge >= 0.3 is 0 Å². The molecule has 1 atom stereocenters. The quantitative estimate of drug-likeness (QED) is 0.215. The Balaban J connectivity index is 1.63. The minimum atomic E-state index is -0.531. The van der Waals surface area contributed by atoms with Gasteiger partial charge in [-0.3, -0.25) is 9.78 Å². The van der Waals surface area contributed by atoms with E-state index >= 15 is 0 Å². The van der Waals surface area contributed by atoms with Crippen LogP contribution in [-0.2, 0) is 6.61 Å². The number of hydrogen-bond donors (Lipinski definition) is 4. The van der Waals surface area contributed by atoms with Crippen LogP contribution in [0.2, 0.25) is 0 Å². The highest BCUT2D eigenvalue weighted by Crippen LogP contribution is 2.44. The van der Waals surface area contributed by atoms with Gasteiger partial charge in [0.25, 0.3) is 5.91 Å². The summed E-state index contributed by atoms with van der Waals surface area (Å²) in [6.45, 7) is 4.51. The predicted molar refractivity (Wildman–Crippen MR) is 143 cm³/mol. The Bertz CT molecular complexity index is 1500. The van der Waals surface area contributed by atoms with Gasteiger partial charge < -0.3 is 30.2 Å². The monoisotopic (exact) mass is 514 g/mol. The normalized spacial score (nSPS) is 14.4. The SMILES string of the molecule is C=CCC1CNC(=O)c2c1[nH]c(-c1ccncc1OCc1cccc(O)c1)c2Nc1cccc(F)c1OC. The number of allylic oxidation sites excluding steroid dienone is 1. The van der Waals surface area contributed by atoms with Crippen molar-refractivity contribution in [3.63, 3.8) is 0 Å². The van der Waals surface area contributed by atoms with Crippen molar-refractivity contribution in [2.24, 2.45) is 0 Å². The fourth-order valence-corrected chi connectivity index (χ4v) is 4.66. The molecule has 3 heterocycles. The van der Waals surface area contributed by atoms with Gasteiger partial charge in [0.1, 0.15) is 18.1 Å². The van der Waals surface area contributed by atoms with Crippen molar-refractivity contribution in [1.82, 2.24) is 15.3 Å². The zero-order valence-electron chi connectivity index (χ0n) is 20.8. The highest BCUT2D eigenvalue weighted by Gasteiger charge is 2.33. The number of phenolic OH excluding ortho intramolecular Hbond substituents is 1. The van der Waals surface area contributed by atoms with Gasteiger partial charge in [0, 0.05) is 29.9 Å². The number of hydrogen-bond acceptors (Lipinski definition) is 6. The number of para-hydroxylation sites is 1. The van der Waals surface area contributed by atoms with E-state index in [1.807, 2.05) is 12.1 Å². The Morgan fingerprint density at radius 1 is 1.26 bits per heavy atom. The molecule has 0 aliphatic carbocycles. The third-order valence-corrected chi connectivity index (χ3v) is 6.41. The number of pyridine rings is 1. The number of carbonyl (C=O) groups excluding carboxylic acids is 1. The molecule has 8 nitrogen and oxygen atoms in total. The molecule has 1 aliphatic heterocycles. The van der Waals surface area contributed by atoms with E-state index in [9.17, 15) is 14.3 Å². The second kappa shape index (κ2) is 10.7. The maximum absolute atomic E-state index is 14.5. The zero-order valence-corrected chi connectivity index (χ0v) is 20.8. The summed E-state index contributed by atoms with van der Waals surface area (Å²) >= 11 is 0. The molecule has 0 saturated heterocycles. The van der Waals surface area contributed by atoms with Gasteiger partial charge in [0.2, 0.25) is 0 Å². The standard InChI is InChI=1S/C29H27FN4O4/c1-3-6-18-14-32-29(36)24-25(18)34-26(27(24)33-22-10-5-9-21(30)28(22)37-2)20-11-12-31-15-23(20)38-16-17-7-4-8-19(35)13-17/h3-5,7-13,15,18,33-35H,1,6,14,16H2,2H3,(H,32,36). The number of nitrogens with zero attached hydrogens (tertiary/aromatic N) is 1. The lowest BCUT2D eigenvalue weighted by Gasteiger charge is -2.23. The summed E-state index contributed by atoms with van der Waals surface area (Å²) in [7, 11) is 1.39. The van der Waals surface area contributed by atoms with Crippen LogP contribution in [0.15, 0.2) is 73.6 Å². The number of halogens is 1. The molecule has 5 rings (SSSR count). The third-order valence-electron chi connectivity index (χ3n) is 6.41. The maximum Gasteiger partial charge on any atom is 0.255 e. The molecule has 1 aliphatic rings. The van der Waals surface area contributed by atoms with Crippen LogP contribution >= 0.6 is 0 Å². The first-order chi connectivity index (χ1) is 18.5. The van der Waals surface area contributed by atoms with E-state index in [-0.39, 0.29) is 29.9 Å². The molecule has 0 bridgehead atoms. The topological polar surface area (TPSA) is 109 Å². The average Bonchev–Trinajstić information content (AvgIpc) is 3.29. The van der Waals surface area contributed by atoms with Crippen molar-refractivity contribution in [3.05, 3.63) is 96.2 Å². The number of anilines is 2. The summed E-state index contributed by atoms with van der Waals surface area (Å²) in [5, 5.41) is 16.0. The average molecular weight is 515 g/mol. The van der Waals surface area contributed by atoms with E-state index in [0.717, 1.165) is 11.3 Å². The molecule has 0 spiro atoms. The molecule has 0 saturated carbocycles. The van der Waals surface area contributed by atoms with Crippen molar-refractivity contribution in [1.29, 1.82) is 0 Å². The molecule has 2 aromatic carbocycles. The number of carbonyl (C=O) groups is 1. The number of phenols is 1. The van der Waals surface area contributed by atoms with E-state index in [4.69, 9.17) is 9.47 Å². The Labute approximate surface area is 219 Å². The van der Waals surface area contributed by atoms with Crippen molar-refractivity contribution >= 4 is 17.3 Å². The number of rotatable bonds is 9. The number of aromatic amines is 1. The highest BCUT2D eigenvalue weighted by atomic mass is 19.1. The molecule has 0 fully saturated rings. The summed E-state index contributed by atoms with van der Waals surface area (Å²) in [5.41, 5.74) is 4.02. The molecular formula is C29H27FN4O4. The predicted octanol–water partition coefficient (Wildman–Crippen LogP) is 5.66. The first-order valence-corrected chi connectivity index (χ1v) is 12.1. The number of benzene rings is 2. The molecule has 9 heteroatoms. The molecule has 1 unspecified atom stereocenters. The van der Waals surface area contributed by atoms with E-state index in [0.29, 0.717) is 46.9 Å². The van der Waals surface area contributed by atoms with E-state index < -0.39 is 5.82 Å². The molecule has 4 N–H and O–H groups in total. The molecule has 194 valence electrons. The number of aromatic hydroxyl groups is 1. The fourth-order valence-electron chi connectivity index (χ4n) is 4.66. The van der Waals surface area contributed by atoms with Crippen LogP contribution < -0.4 is 20.1 Å². The van der Waals surface area contributed by atoms with Gasteiger partial charge in [-0.25, -0.2) is 4.39 Å². The van der Waals surface area contributed by atoms with Crippen molar-refractivity contribution in [3.8, 4) is 28.5 Å². The van der Waals surface area contributed by atoms with Gasteiger partial charge in [0.15, 0.2) is 11.6 Å². The summed E-state index contributed by atoms with van der Waals surface area (Å²) in [4.78, 5) is 20.8. The van der Waals surface area contributed by atoms with Crippen LogP contribution in [0.4, 0.5) is 15.8 Å². The molecule has 2 aromatic heterocycles. The second-order valence-electron chi connectivity index (χ2n) is 8.87.